The van der Waals surface area contributed by atoms with Gasteiger partial charge in [-0.15, -0.1) is 0 Å². The van der Waals surface area contributed by atoms with Crippen LogP contribution in [0.25, 0.3) is 132 Å². The van der Waals surface area contributed by atoms with Crippen LogP contribution < -0.4 is 0 Å². The van der Waals surface area contributed by atoms with Gasteiger partial charge in [-0.3, -0.25) is 0 Å². The average molecular weight is 1010 g/mol. The summed E-state index contributed by atoms with van der Waals surface area (Å²) in [5.74, 6) is 0. The van der Waals surface area contributed by atoms with E-state index in [2.05, 4.69) is 170 Å². The summed E-state index contributed by atoms with van der Waals surface area (Å²) in [6.45, 7) is 0. The SMILES string of the molecule is N#Cc1ccc(-c2ccc(-c3ccc(C(F)(F)F)cc3C#N)cc2-n2c3ccccc3c3cc4c5ccccc5n(-c5ccccc5)c4cc32)c(-n2c3ccccc3c3cc4c5ccccc5n(-c5ccccc5)c4cc32)c1. The van der Waals surface area contributed by atoms with E-state index in [-0.39, 0.29) is 5.56 Å². The molecule has 11 aromatic carbocycles. The van der Waals surface area contributed by atoms with Crippen LogP contribution in [-0.4, -0.2) is 18.3 Å². The number of benzene rings is 11. The van der Waals surface area contributed by atoms with Crippen LogP contribution in [0.5, 0.6) is 0 Å². The second-order valence-corrected chi connectivity index (χ2v) is 19.8. The quantitative estimate of drug-likeness (QED) is 0.167. The lowest BCUT2D eigenvalue weighted by Gasteiger charge is -2.20. The first-order valence-electron chi connectivity index (χ1n) is 25.6. The minimum Gasteiger partial charge on any atom is -0.309 e. The Hall–Kier alpha value is -10.6. The molecular weight excluding hydrogens is 970 g/mol. The largest absolute Gasteiger partial charge is 0.416 e. The average Bonchev–Trinajstić information content (AvgIpc) is 4.35. The van der Waals surface area contributed by atoms with E-state index in [1.54, 1.807) is 0 Å². The summed E-state index contributed by atoms with van der Waals surface area (Å²) in [6.07, 6.45) is -4.64. The van der Waals surface area contributed by atoms with Gasteiger partial charge in [0.05, 0.1) is 84.3 Å². The Morgan fingerprint density at radius 1 is 0.308 bits per heavy atom. The standard InChI is InChI=1S/C69H39F3N6/c70-69(71,72)45-29-32-48(44(34-45)41-74)43-28-31-54(64(35-43)78-62-26-14-10-22-52(62)58-37-56-50-20-8-12-24-60(50)76(66(56)39-68(58)78)47-17-5-2-6-18-47)53-30-27-42(40-73)33-63(53)77-61-25-13-9-21-51(61)57-36-55-49-19-7-11-23-59(49)75(65(55)38-67(57)77)46-15-3-1-4-16-46/h1-39H. The summed E-state index contributed by atoms with van der Waals surface area (Å²) < 4.78 is 51.8. The van der Waals surface area contributed by atoms with Crippen LogP contribution in [0.3, 0.4) is 0 Å². The Bertz CT molecular complexity index is 5100. The van der Waals surface area contributed by atoms with Crippen molar-refractivity contribution in [2.45, 2.75) is 6.18 Å². The van der Waals surface area contributed by atoms with E-state index in [4.69, 9.17) is 0 Å². The summed E-state index contributed by atoms with van der Waals surface area (Å²) in [5, 5.41) is 29.8. The molecule has 0 aliphatic heterocycles. The molecule has 0 unspecified atom stereocenters. The van der Waals surface area contributed by atoms with Gasteiger partial charge in [-0.05, 0) is 114 Å². The Balaban J connectivity index is 1.07. The number of nitriles is 2. The Morgan fingerprint density at radius 3 is 1.15 bits per heavy atom. The van der Waals surface area contributed by atoms with Crippen molar-refractivity contribution in [2.75, 3.05) is 0 Å². The maximum absolute atomic E-state index is 14.2. The third-order valence-electron chi connectivity index (χ3n) is 15.6. The number of alkyl halides is 3. The van der Waals surface area contributed by atoms with Crippen molar-refractivity contribution in [2.24, 2.45) is 0 Å². The van der Waals surface area contributed by atoms with Crippen molar-refractivity contribution in [3.8, 4) is 57.1 Å². The van der Waals surface area contributed by atoms with Gasteiger partial charge in [0.15, 0.2) is 0 Å². The van der Waals surface area contributed by atoms with Gasteiger partial charge < -0.3 is 18.3 Å². The van der Waals surface area contributed by atoms with Gasteiger partial charge in [0, 0.05) is 65.6 Å². The molecule has 0 bridgehead atoms. The van der Waals surface area contributed by atoms with Gasteiger partial charge in [0.2, 0.25) is 0 Å². The highest BCUT2D eigenvalue weighted by molar-refractivity contribution is 6.21. The smallest absolute Gasteiger partial charge is 0.309 e. The van der Waals surface area contributed by atoms with Crippen LogP contribution in [0.4, 0.5) is 13.2 Å². The molecule has 0 fully saturated rings. The molecule has 0 N–H and O–H groups in total. The van der Waals surface area contributed by atoms with Crippen LogP contribution in [0.1, 0.15) is 16.7 Å². The molecule has 4 aromatic heterocycles. The maximum atomic E-state index is 14.2. The van der Waals surface area contributed by atoms with Crippen LogP contribution >= 0.6 is 0 Å². The van der Waals surface area contributed by atoms with Crippen LogP contribution in [0, 0.1) is 22.7 Å². The van der Waals surface area contributed by atoms with Crippen LogP contribution in [0.2, 0.25) is 0 Å². The van der Waals surface area contributed by atoms with Crippen molar-refractivity contribution >= 4 is 87.2 Å². The highest BCUT2D eigenvalue weighted by atomic mass is 19.4. The zero-order valence-corrected chi connectivity index (χ0v) is 41.3. The summed E-state index contributed by atoms with van der Waals surface area (Å²) >= 11 is 0. The van der Waals surface area contributed by atoms with E-state index < -0.39 is 11.7 Å². The van der Waals surface area contributed by atoms with E-state index in [1.807, 2.05) is 78.9 Å². The lowest BCUT2D eigenvalue weighted by Crippen LogP contribution is -2.05. The molecule has 0 saturated heterocycles. The van der Waals surface area contributed by atoms with Crippen molar-refractivity contribution in [3.63, 3.8) is 0 Å². The number of nitrogens with zero attached hydrogens (tertiary/aromatic N) is 6. The molecule has 78 heavy (non-hydrogen) atoms. The van der Waals surface area contributed by atoms with Gasteiger partial charge in [0.25, 0.3) is 0 Å². The predicted octanol–water partition coefficient (Wildman–Crippen LogP) is 18.2. The highest BCUT2D eigenvalue weighted by Crippen LogP contribution is 2.46. The number of hydrogen-bond donors (Lipinski definition) is 0. The maximum Gasteiger partial charge on any atom is 0.416 e. The van der Waals surface area contributed by atoms with Crippen molar-refractivity contribution in [3.05, 3.63) is 253 Å². The van der Waals surface area contributed by atoms with E-state index in [0.717, 1.165) is 133 Å². The number of rotatable bonds is 6. The van der Waals surface area contributed by atoms with E-state index in [9.17, 15) is 23.7 Å². The van der Waals surface area contributed by atoms with E-state index in [0.29, 0.717) is 16.7 Å². The Kier molecular flexibility index (Phi) is 9.75. The molecule has 9 heteroatoms. The molecule has 0 aliphatic rings. The predicted molar refractivity (Wildman–Crippen MR) is 309 cm³/mol. The summed E-state index contributed by atoms with van der Waals surface area (Å²) in [4.78, 5) is 0. The summed E-state index contributed by atoms with van der Waals surface area (Å²) in [7, 11) is 0. The van der Waals surface area contributed by atoms with Gasteiger partial charge in [-0.25, -0.2) is 0 Å². The molecule has 6 nitrogen and oxygen atoms in total. The molecule has 15 aromatic rings. The molecular formula is C69H39F3N6. The zero-order valence-electron chi connectivity index (χ0n) is 41.3. The fraction of sp³-hybridized carbons (Fsp3) is 0.0145. The number of fused-ring (bicyclic) bond motifs is 12. The van der Waals surface area contributed by atoms with Gasteiger partial charge >= 0.3 is 6.18 Å². The second kappa shape index (κ2) is 17.0. The first-order chi connectivity index (χ1) is 38.2. The van der Waals surface area contributed by atoms with Crippen LogP contribution in [0.15, 0.2) is 237 Å². The summed E-state index contributed by atoms with van der Waals surface area (Å²) in [6, 6.07) is 82.9. The molecule has 0 aliphatic carbocycles. The zero-order chi connectivity index (χ0) is 52.4. The monoisotopic (exact) mass is 1010 g/mol. The molecule has 0 spiro atoms. The lowest BCUT2D eigenvalue weighted by atomic mass is 9.93. The molecule has 366 valence electrons. The van der Waals surface area contributed by atoms with Crippen molar-refractivity contribution in [1.29, 1.82) is 10.5 Å². The third-order valence-corrected chi connectivity index (χ3v) is 15.6. The molecule has 0 amide bonds. The number of aromatic nitrogens is 4. The Labute approximate surface area is 443 Å². The fourth-order valence-electron chi connectivity index (χ4n) is 12.3. The highest BCUT2D eigenvalue weighted by Gasteiger charge is 2.32. The molecule has 0 saturated carbocycles. The Morgan fingerprint density at radius 2 is 0.705 bits per heavy atom. The van der Waals surface area contributed by atoms with Crippen LogP contribution in [-0.2, 0) is 6.18 Å². The second-order valence-electron chi connectivity index (χ2n) is 19.8. The first-order valence-corrected chi connectivity index (χ1v) is 25.6. The van der Waals surface area contributed by atoms with Gasteiger partial charge in [-0.2, -0.15) is 23.7 Å². The first kappa shape index (κ1) is 44.8. The van der Waals surface area contributed by atoms with E-state index in [1.165, 1.54) is 6.07 Å². The topological polar surface area (TPSA) is 67.3 Å². The lowest BCUT2D eigenvalue weighted by molar-refractivity contribution is -0.137. The van der Waals surface area contributed by atoms with Gasteiger partial charge in [0.1, 0.15) is 0 Å². The molecule has 15 rings (SSSR count). The fourth-order valence-corrected chi connectivity index (χ4v) is 12.3. The minimum absolute atomic E-state index is 0.0941. The molecule has 4 heterocycles. The summed E-state index contributed by atoms with van der Waals surface area (Å²) in [5.41, 5.74) is 13.4. The molecule has 0 radical (unpaired) electrons. The number of hydrogen-bond acceptors (Lipinski definition) is 2. The molecule has 0 atom stereocenters. The minimum atomic E-state index is -4.64. The van der Waals surface area contributed by atoms with Crippen molar-refractivity contribution < 1.29 is 13.2 Å². The van der Waals surface area contributed by atoms with E-state index >= 15 is 0 Å². The normalized spacial score (nSPS) is 12.0. The van der Waals surface area contributed by atoms with Gasteiger partial charge in [-0.1, -0.05) is 133 Å². The number of para-hydroxylation sites is 6. The van der Waals surface area contributed by atoms with Crippen molar-refractivity contribution in [1.82, 2.24) is 18.3 Å². The number of halogens is 3. The third kappa shape index (κ3) is 6.62.